The van der Waals surface area contributed by atoms with Crippen molar-refractivity contribution in [2.24, 2.45) is 0 Å². The van der Waals surface area contributed by atoms with E-state index in [1.54, 1.807) is 0 Å². The molecule has 0 fully saturated rings. The zero-order valence-electron chi connectivity index (χ0n) is 10.4. The first-order chi connectivity index (χ1) is 7.85. The molecule has 1 aromatic carbocycles. The fourth-order valence-corrected chi connectivity index (χ4v) is 2.42. The largest absolute Gasteiger partial charge is 0.371 e. The first kappa shape index (κ1) is 11.5. The minimum atomic E-state index is 1.06. The van der Waals surface area contributed by atoms with Crippen molar-refractivity contribution in [3.8, 4) is 0 Å². The van der Waals surface area contributed by atoms with Gasteiger partial charge in [-0.25, -0.2) is 0 Å². The summed E-state index contributed by atoms with van der Waals surface area (Å²) >= 11 is 0. The van der Waals surface area contributed by atoms with Crippen LogP contribution in [-0.4, -0.2) is 26.7 Å². The van der Waals surface area contributed by atoms with E-state index < -0.39 is 0 Å². The summed E-state index contributed by atoms with van der Waals surface area (Å²) in [5, 5.41) is 3.21. The Balaban J connectivity index is 2.13. The van der Waals surface area contributed by atoms with Crippen LogP contribution in [0.25, 0.3) is 0 Å². The summed E-state index contributed by atoms with van der Waals surface area (Å²) in [6, 6.07) is 6.98. The van der Waals surface area contributed by atoms with Crippen molar-refractivity contribution in [3.63, 3.8) is 0 Å². The van der Waals surface area contributed by atoms with E-state index in [1.807, 2.05) is 7.05 Å². The quantitative estimate of drug-likeness (QED) is 0.815. The lowest BCUT2D eigenvalue weighted by Gasteiger charge is -2.19. The number of likely N-dealkylation sites (N-methyl/N-ethyl adjacent to an activating group) is 1. The number of nitrogens with one attached hydrogen (secondary N) is 1. The molecule has 0 saturated heterocycles. The SMILES string of the molecule is CCCN1CCc2ccc(CCNC)cc21. The summed E-state index contributed by atoms with van der Waals surface area (Å²) in [5.41, 5.74) is 4.47. The zero-order chi connectivity index (χ0) is 11.4. The summed E-state index contributed by atoms with van der Waals surface area (Å²) in [7, 11) is 2.01. The third-order valence-electron chi connectivity index (χ3n) is 3.30. The summed E-state index contributed by atoms with van der Waals surface area (Å²) in [6.45, 7) is 5.72. The van der Waals surface area contributed by atoms with E-state index in [-0.39, 0.29) is 0 Å². The van der Waals surface area contributed by atoms with E-state index in [2.05, 4.69) is 35.3 Å². The second-order valence-electron chi connectivity index (χ2n) is 4.55. The minimum Gasteiger partial charge on any atom is -0.371 e. The van der Waals surface area contributed by atoms with Gasteiger partial charge >= 0.3 is 0 Å². The average Bonchev–Trinajstić information content (AvgIpc) is 2.70. The molecule has 0 bridgehead atoms. The van der Waals surface area contributed by atoms with Crippen molar-refractivity contribution in [3.05, 3.63) is 29.3 Å². The van der Waals surface area contributed by atoms with Crippen LogP contribution in [0, 0.1) is 0 Å². The fraction of sp³-hybridized carbons (Fsp3) is 0.571. The third-order valence-corrected chi connectivity index (χ3v) is 3.30. The van der Waals surface area contributed by atoms with Gasteiger partial charge in [-0.2, -0.15) is 0 Å². The van der Waals surface area contributed by atoms with Crippen molar-refractivity contribution in [1.29, 1.82) is 0 Å². The molecule has 2 heteroatoms. The van der Waals surface area contributed by atoms with Crippen LogP contribution in [-0.2, 0) is 12.8 Å². The van der Waals surface area contributed by atoms with Crippen LogP contribution in [0.15, 0.2) is 18.2 Å². The maximum Gasteiger partial charge on any atom is 0.0402 e. The molecule has 0 aliphatic carbocycles. The molecule has 1 heterocycles. The van der Waals surface area contributed by atoms with Gasteiger partial charge in [-0.1, -0.05) is 19.1 Å². The summed E-state index contributed by atoms with van der Waals surface area (Å²) in [5.74, 6) is 0. The van der Waals surface area contributed by atoms with Crippen molar-refractivity contribution >= 4 is 5.69 Å². The molecule has 88 valence electrons. The Bertz CT molecular complexity index is 345. The normalized spacial score (nSPS) is 14.2. The fourth-order valence-electron chi connectivity index (χ4n) is 2.42. The molecule has 2 rings (SSSR count). The number of benzene rings is 1. The van der Waals surface area contributed by atoms with Crippen LogP contribution in [0.3, 0.4) is 0 Å². The molecule has 2 nitrogen and oxygen atoms in total. The highest BCUT2D eigenvalue weighted by atomic mass is 15.1. The number of nitrogens with zero attached hydrogens (tertiary/aromatic N) is 1. The van der Waals surface area contributed by atoms with Gasteiger partial charge in [-0.05, 0) is 50.0 Å². The molecule has 16 heavy (non-hydrogen) atoms. The lowest BCUT2D eigenvalue weighted by atomic mass is 10.1. The molecule has 0 aromatic heterocycles. The highest BCUT2D eigenvalue weighted by Crippen LogP contribution is 2.29. The second kappa shape index (κ2) is 5.35. The minimum absolute atomic E-state index is 1.06. The number of hydrogen-bond acceptors (Lipinski definition) is 2. The van der Waals surface area contributed by atoms with E-state index in [1.165, 1.54) is 42.7 Å². The molecule has 1 N–H and O–H groups in total. The number of hydrogen-bond donors (Lipinski definition) is 1. The highest BCUT2D eigenvalue weighted by molar-refractivity contribution is 5.59. The Labute approximate surface area is 98.7 Å². The maximum atomic E-state index is 3.21. The standard InChI is InChI=1S/C14H22N2/c1-3-9-16-10-7-13-5-4-12(6-8-15-2)11-14(13)16/h4-5,11,15H,3,6-10H2,1-2H3. The van der Waals surface area contributed by atoms with Crippen molar-refractivity contribution in [1.82, 2.24) is 5.32 Å². The smallest absolute Gasteiger partial charge is 0.0402 e. The van der Waals surface area contributed by atoms with Crippen molar-refractivity contribution < 1.29 is 0 Å². The van der Waals surface area contributed by atoms with Crippen LogP contribution in [0.1, 0.15) is 24.5 Å². The number of fused-ring (bicyclic) bond motifs is 1. The molecule has 1 aliphatic rings. The lowest BCUT2D eigenvalue weighted by molar-refractivity contribution is 0.787. The molecule has 0 radical (unpaired) electrons. The maximum absolute atomic E-state index is 3.21. The molecular formula is C14H22N2. The second-order valence-corrected chi connectivity index (χ2v) is 4.55. The van der Waals surface area contributed by atoms with E-state index >= 15 is 0 Å². The first-order valence-electron chi connectivity index (χ1n) is 6.36. The molecule has 0 amide bonds. The summed E-state index contributed by atoms with van der Waals surface area (Å²) in [6.07, 6.45) is 3.59. The molecule has 0 atom stereocenters. The van der Waals surface area contributed by atoms with E-state index in [0.29, 0.717) is 0 Å². The van der Waals surface area contributed by atoms with Gasteiger partial charge in [0.25, 0.3) is 0 Å². The molecular weight excluding hydrogens is 196 g/mol. The highest BCUT2D eigenvalue weighted by Gasteiger charge is 2.17. The topological polar surface area (TPSA) is 15.3 Å². The van der Waals surface area contributed by atoms with Crippen molar-refractivity contribution in [2.75, 3.05) is 31.6 Å². The van der Waals surface area contributed by atoms with Gasteiger partial charge in [0, 0.05) is 18.8 Å². The molecule has 0 spiro atoms. The van der Waals surface area contributed by atoms with E-state index in [9.17, 15) is 0 Å². The van der Waals surface area contributed by atoms with Crippen LogP contribution in [0.2, 0.25) is 0 Å². The monoisotopic (exact) mass is 218 g/mol. The third kappa shape index (κ3) is 2.38. The zero-order valence-corrected chi connectivity index (χ0v) is 10.4. The molecule has 1 aromatic rings. The molecule has 0 unspecified atom stereocenters. The van der Waals surface area contributed by atoms with Gasteiger partial charge < -0.3 is 10.2 Å². The Morgan fingerprint density at radius 3 is 3.00 bits per heavy atom. The number of anilines is 1. The molecule has 1 aliphatic heterocycles. The van der Waals surface area contributed by atoms with Crippen LogP contribution >= 0.6 is 0 Å². The number of rotatable bonds is 5. The van der Waals surface area contributed by atoms with Crippen LogP contribution < -0.4 is 10.2 Å². The Morgan fingerprint density at radius 2 is 2.25 bits per heavy atom. The molecule has 0 saturated carbocycles. The van der Waals surface area contributed by atoms with Gasteiger partial charge in [0.15, 0.2) is 0 Å². The predicted molar refractivity (Wildman–Crippen MR) is 70.3 cm³/mol. The Hall–Kier alpha value is -1.02. The lowest BCUT2D eigenvalue weighted by Crippen LogP contribution is -2.21. The van der Waals surface area contributed by atoms with Gasteiger partial charge in [0.05, 0.1) is 0 Å². The van der Waals surface area contributed by atoms with Gasteiger partial charge in [-0.3, -0.25) is 0 Å². The van der Waals surface area contributed by atoms with E-state index in [4.69, 9.17) is 0 Å². The van der Waals surface area contributed by atoms with Crippen LogP contribution in [0.5, 0.6) is 0 Å². The average molecular weight is 218 g/mol. The summed E-state index contributed by atoms with van der Waals surface area (Å²) < 4.78 is 0. The van der Waals surface area contributed by atoms with E-state index in [0.717, 1.165) is 13.0 Å². The Morgan fingerprint density at radius 1 is 1.38 bits per heavy atom. The van der Waals surface area contributed by atoms with Gasteiger partial charge in [0.2, 0.25) is 0 Å². The first-order valence-corrected chi connectivity index (χ1v) is 6.36. The Kier molecular flexibility index (Phi) is 3.83. The van der Waals surface area contributed by atoms with Crippen LogP contribution in [0.4, 0.5) is 5.69 Å². The van der Waals surface area contributed by atoms with Gasteiger partial charge in [0.1, 0.15) is 0 Å². The van der Waals surface area contributed by atoms with Crippen molar-refractivity contribution in [2.45, 2.75) is 26.2 Å². The summed E-state index contributed by atoms with van der Waals surface area (Å²) in [4.78, 5) is 2.53. The van der Waals surface area contributed by atoms with Gasteiger partial charge in [-0.15, -0.1) is 0 Å². The predicted octanol–water partition coefficient (Wildman–Crippen LogP) is 2.22.